The van der Waals surface area contributed by atoms with Crippen molar-refractivity contribution in [3.8, 4) is 11.1 Å². The summed E-state index contributed by atoms with van der Waals surface area (Å²) in [4.78, 5) is 25.6. The van der Waals surface area contributed by atoms with E-state index in [-0.39, 0.29) is 10.9 Å². The van der Waals surface area contributed by atoms with Crippen molar-refractivity contribution in [2.45, 2.75) is 0 Å². The Morgan fingerprint density at radius 2 is 1.13 bits per heavy atom. The highest BCUT2D eigenvalue weighted by Crippen LogP contribution is 2.31. The Hall–Kier alpha value is -3.76. The lowest BCUT2D eigenvalue weighted by molar-refractivity contribution is 0.660. The van der Waals surface area contributed by atoms with Crippen LogP contribution in [0.4, 0.5) is 0 Å². The topological polar surface area (TPSA) is 47.3 Å². The van der Waals surface area contributed by atoms with Gasteiger partial charge in [0.1, 0.15) is 11.2 Å². The molecule has 0 radical (unpaired) electrons. The van der Waals surface area contributed by atoms with E-state index in [9.17, 15) is 9.59 Å². The Kier molecular flexibility index (Phi) is 3.64. The lowest BCUT2D eigenvalue weighted by Gasteiger charge is -2.07. The number of hydrogen-bond acceptors (Lipinski definition) is 4. The second-order valence-electron chi connectivity index (χ2n) is 7.28. The molecular weight excluding hydrogens is 392 g/mol. The van der Waals surface area contributed by atoms with Gasteiger partial charge in [-0.2, -0.15) is 0 Å². The molecule has 2 aromatic heterocycles. The summed E-state index contributed by atoms with van der Waals surface area (Å²) < 4.78 is 7.92. The summed E-state index contributed by atoms with van der Waals surface area (Å²) in [7, 11) is 0. The molecule has 0 atom stereocenters. The van der Waals surface area contributed by atoms with Gasteiger partial charge in [0.25, 0.3) is 0 Å². The molecule has 3 nitrogen and oxygen atoms in total. The third-order valence-electron chi connectivity index (χ3n) is 5.49. The zero-order valence-corrected chi connectivity index (χ0v) is 16.5. The predicted octanol–water partition coefficient (Wildman–Crippen LogP) is 6.34. The molecule has 0 amide bonds. The van der Waals surface area contributed by atoms with E-state index in [0.717, 1.165) is 31.3 Å². The van der Waals surface area contributed by atoms with E-state index in [1.807, 2.05) is 72.8 Å². The summed E-state index contributed by atoms with van der Waals surface area (Å²) in [5, 5.41) is 2.62. The van der Waals surface area contributed by atoms with E-state index in [2.05, 4.69) is 0 Å². The molecule has 4 heteroatoms. The first-order valence-corrected chi connectivity index (χ1v) is 10.4. The Labute approximate surface area is 174 Å². The molecule has 4 aromatic carbocycles. The molecule has 0 aliphatic heterocycles. The molecule has 142 valence electrons. The first-order chi connectivity index (χ1) is 14.7. The maximum absolute atomic E-state index is 12.8. The van der Waals surface area contributed by atoms with E-state index in [1.54, 1.807) is 23.5 Å². The summed E-state index contributed by atoms with van der Waals surface area (Å²) in [5.41, 5.74) is 3.09. The third-order valence-corrected chi connectivity index (χ3v) is 6.62. The maximum Gasteiger partial charge on any atom is 0.200 e. The van der Waals surface area contributed by atoms with Crippen LogP contribution >= 0.6 is 11.3 Å². The lowest BCUT2D eigenvalue weighted by atomic mass is 10.0. The Bertz CT molecular complexity index is 1610. The summed E-state index contributed by atoms with van der Waals surface area (Å²) in [6.07, 6.45) is 0. The second-order valence-corrected chi connectivity index (χ2v) is 8.36. The van der Waals surface area contributed by atoms with Gasteiger partial charge in [-0.05, 0) is 59.7 Å². The van der Waals surface area contributed by atoms with E-state index in [1.165, 1.54) is 0 Å². The zero-order chi connectivity index (χ0) is 20.2. The van der Waals surface area contributed by atoms with Crippen LogP contribution in [0.25, 0.3) is 53.2 Å². The molecule has 0 saturated carbocycles. The summed E-state index contributed by atoms with van der Waals surface area (Å²) in [6, 6.07) is 26.5. The van der Waals surface area contributed by atoms with Crippen LogP contribution in [-0.2, 0) is 0 Å². The fourth-order valence-corrected chi connectivity index (χ4v) is 5.07. The van der Waals surface area contributed by atoms with Crippen LogP contribution in [0, 0.1) is 0 Å². The van der Waals surface area contributed by atoms with Crippen molar-refractivity contribution in [1.29, 1.82) is 0 Å². The normalized spacial score (nSPS) is 11.6. The molecule has 0 aliphatic carbocycles. The van der Waals surface area contributed by atoms with Crippen molar-refractivity contribution in [3.05, 3.63) is 105 Å². The molecule has 2 heterocycles. The van der Waals surface area contributed by atoms with Crippen molar-refractivity contribution in [3.63, 3.8) is 0 Å². The number of hydrogen-bond donors (Lipinski definition) is 0. The van der Waals surface area contributed by atoms with Gasteiger partial charge in [0.2, 0.25) is 5.43 Å². The lowest BCUT2D eigenvalue weighted by Crippen LogP contribution is -2.02. The van der Waals surface area contributed by atoms with Crippen LogP contribution in [0.2, 0.25) is 0 Å². The minimum Gasteiger partial charge on any atom is -0.456 e. The molecule has 0 N–H and O–H groups in total. The maximum atomic E-state index is 12.8. The van der Waals surface area contributed by atoms with Gasteiger partial charge >= 0.3 is 0 Å². The second kappa shape index (κ2) is 6.37. The number of benzene rings is 4. The summed E-state index contributed by atoms with van der Waals surface area (Å²) >= 11 is 1.61. The average molecular weight is 406 g/mol. The van der Waals surface area contributed by atoms with E-state index in [4.69, 9.17) is 4.42 Å². The van der Waals surface area contributed by atoms with E-state index < -0.39 is 0 Å². The average Bonchev–Trinajstić information content (AvgIpc) is 2.79. The first kappa shape index (κ1) is 17.1. The van der Waals surface area contributed by atoms with Gasteiger partial charge in [-0.25, -0.2) is 0 Å². The predicted molar refractivity (Wildman–Crippen MR) is 125 cm³/mol. The highest BCUT2D eigenvalue weighted by molar-refractivity contribution is 7.24. The Balaban J connectivity index is 1.59. The summed E-state index contributed by atoms with van der Waals surface area (Å²) in [5.74, 6) is 0. The van der Waals surface area contributed by atoms with Crippen LogP contribution in [0.15, 0.2) is 98.9 Å². The quantitative estimate of drug-likeness (QED) is 0.299. The molecule has 0 fully saturated rings. The molecule has 30 heavy (non-hydrogen) atoms. The molecule has 6 rings (SSSR count). The zero-order valence-electron chi connectivity index (χ0n) is 15.7. The van der Waals surface area contributed by atoms with Crippen LogP contribution in [-0.4, -0.2) is 0 Å². The van der Waals surface area contributed by atoms with Gasteiger partial charge in [-0.15, -0.1) is 11.3 Å². The van der Waals surface area contributed by atoms with Crippen LogP contribution in [0.3, 0.4) is 0 Å². The molecule has 0 aliphatic rings. The SMILES string of the molecule is O=c1c2ccccc2oc2cc(-c3ccc4c(=O)c5ccccc5sc4c3)ccc12. The third kappa shape index (κ3) is 2.51. The number of para-hydroxylation sites is 1. The molecule has 0 spiro atoms. The van der Waals surface area contributed by atoms with Gasteiger partial charge in [-0.3, -0.25) is 9.59 Å². The van der Waals surface area contributed by atoms with E-state index in [0.29, 0.717) is 21.9 Å². The monoisotopic (exact) mass is 406 g/mol. The Morgan fingerprint density at radius 1 is 0.533 bits per heavy atom. The Morgan fingerprint density at radius 3 is 2.00 bits per heavy atom. The summed E-state index contributed by atoms with van der Waals surface area (Å²) in [6.45, 7) is 0. The standard InChI is InChI=1S/C26H14O3S/c27-25-17-5-1-3-7-21(17)29-22-13-15(9-11-18(22)25)16-10-12-20-24(14-16)30-23-8-4-2-6-19(23)26(20)28/h1-14H. The van der Waals surface area contributed by atoms with Gasteiger partial charge in [0.05, 0.1) is 10.8 Å². The van der Waals surface area contributed by atoms with Crippen molar-refractivity contribution in [1.82, 2.24) is 0 Å². The fourth-order valence-electron chi connectivity index (χ4n) is 3.96. The smallest absolute Gasteiger partial charge is 0.200 e. The van der Waals surface area contributed by atoms with Crippen LogP contribution in [0.1, 0.15) is 0 Å². The van der Waals surface area contributed by atoms with Crippen LogP contribution in [0.5, 0.6) is 0 Å². The van der Waals surface area contributed by atoms with Crippen molar-refractivity contribution >= 4 is 53.4 Å². The van der Waals surface area contributed by atoms with E-state index >= 15 is 0 Å². The molecule has 0 unspecified atom stereocenters. The van der Waals surface area contributed by atoms with Crippen molar-refractivity contribution < 1.29 is 4.42 Å². The van der Waals surface area contributed by atoms with Gasteiger partial charge in [0, 0.05) is 20.2 Å². The minimum atomic E-state index is -0.0263. The first-order valence-electron chi connectivity index (χ1n) is 9.61. The van der Waals surface area contributed by atoms with Gasteiger partial charge in [-0.1, -0.05) is 36.4 Å². The number of rotatable bonds is 1. The van der Waals surface area contributed by atoms with Crippen molar-refractivity contribution in [2.24, 2.45) is 0 Å². The molecule has 6 aromatic rings. The molecular formula is C26H14O3S. The highest BCUT2D eigenvalue weighted by atomic mass is 32.1. The minimum absolute atomic E-state index is 0.0263. The van der Waals surface area contributed by atoms with Crippen LogP contribution < -0.4 is 10.9 Å². The van der Waals surface area contributed by atoms with Gasteiger partial charge < -0.3 is 4.42 Å². The fraction of sp³-hybridized carbons (Fsp3) is 0. The highest BCUT2D eigenvalue weighted by Gasteiger charge is 2.11. The largest absolute Gasteiger partial charge is 0.456 e. The molecule has 0 saturated heterocycles. The van der Waals surface area contributed by atoms with Gasteiger partial charge in [0.15, 0.2) is 5.43 Å². The van der Waals surface area contributed by atoms with Crippen molar-refractivity contribution in [2.75, 3.05) is 0 Å². The molecule has 0 bridgehead atoms. The number of fused-ring (bicyclic) bond motifs is 4.